The maximum absolute atomic E-state index is 7.18. The van der Waals surface area contributed by atoms with E-state index in [0.29, 0.717) is 5.84 Å². The molecule has 0 aliphatic carbocycles. The van der Waals surface area contributed by atoms with E-state index >= 15 is 0 Å². The van der Waals surface area contributed by atoms with E-state index in [0.717, 1.165) is 0 Å². The maximum atomic E-state index is 7.18. The average Bonchev–Trinajstić information content (AvgIpc) is 1.63. The van der Waals surface area contributed by atoms with Crippen LogP contribution in [0.5, 0.6) is 0 Å². The third kappa shape index (κ3) is 3.76. The lowest BCUT2D eigenvalue weighted by atomic mass is 10.4. The van der Waals surface area contributed by atoms with E-state index in [-0.39, 0.29) is 0 Å². The zero-order valence-corrected chi connectivity index (χ0v) is 6.52. The Balaban J connectivity index is 3.91. The van der Waals surface area contributed by atoms with Crippen LogP contribution < -0.4 is 0 Å². The van der Waals surface area contributed by atoms with Crippen LogP contribution in [0.2, 0.25) is 0 Å². The van der Waals surface area contributed by atoms with Gasteiger partial charge in [-0.15, -0.1) is 0 Å². The van der Waals surface area contributed by atoms with Crippen molar-refractivity contribution in [3.05, 3.63) is 11.8 Å². The van der Waals surface area contributed by atoms with Gasteiger partial charge in [-0.1, -0.05) is 5.57 Å². The molecule has 0 saturated carbocycles. The summed E-state index contributed by atoms with van der Waals surface area (Å²) in [6.45, 7) is 5.79. The van der Waals surface area contributed by atoms with Crippen LogP contribution in [0, 0.1) is 5.41 Å². The van der Waals surface area contributed by atoms with Gasteiger partial charge in [0.05, 0.1) is 5.84 Å². The molecule has 0 atom stereocenters. The summed E-state index contributed by atoms with van der Waals surface area (Å²) in [4.78, 5) is 1.79. The number of hydrogen-bond acceptors (Lipinski definition) is 1. The van der Waals surface area contributed by atoms with Crippen molar-refractivity contribution in [2.24, 2.45) is 0 Å². The second-order valence-electron chi connectivity index (χ2n) is 2.40. The molecule has 0 heterocycles. The summed E-state index contributed by atoms with van der Waals surface area (Å²) >= 11 is 0. The summed E-state index contributed by atoms with van der Waals surface area (Å²) in [7, 11) is 1.87. The Morgan fingerprint density at radius 1 is 1.33 bits per heavy atom. The largest absolute Gasteiger partial charge is 0.340 e. The molecular weight excluding hydrogens is 112 g/mol. The van der Waals surface area contributed by atoms with E-state index in [4.69, 9.17) is 5.41 Å². The van der Waals surface area contributed by atoms with Crippen molar-refractivity contribution in [1.82, 2.24) is 4.90 Å². The molecule has 0 fully saturated rings. The minimum Gasteiger partial charge on any atom is -0.340 e. The van der Waals surface area contributed by atoms with Crippen molar-refractivity contribution in [1.29, 1.82) is 5.41 Å². The molecular formula is C7H14N2. The highest BCUT2D eigenvalue weighted by Crippen LogP contribution is 1.92. The van der Waals surface area contributed by atoms with Crippen LogP contribution in [-0.2, 0) is 0 Å². The summed E-state index contributed by atoms with van der Waals surface area (Å²) in [5, 5.41) is 7.18. The molecule has 1 N–H and O–H groups in total. The van der Waals surface area contributed by atoms with Gasteiger partial charge in [-0.05, 0) is 20.8 Å². The van der Waals surface area contributed by atoms with Gasteiger partial charge >= 0.3 is 0 Å². The fraction of sp³-hybridized carbons (Fsp3) is 0.571. The van der Waals surface area contributed by atoms with Gasteiger partial charge in [0, 0.05) is 13.2 Å². The maximum Gasteiger partial charge on any atom is 0.0963 e. The Bertz CT molecular complexity index is 132. The molecule has 0 spiro atoms. The Morgan fingerprint density at radius 3 is 1.89 bits per heavy atom. The quantitative estimate of drug-likeness (QED) is 0.421. The van der Waals surface area contributed by atoms with Gasteiger partial charge < -0.3 is 4.90 Å². The summed E-state index contributed by atoms with van der Waals surface area (Å²) in [5.41, 5.74) is 1.21. The monoisotopic (exact) mass is 126 g/mol. The number of nitrogens with one attached hydrogen (secondary N) is 1. The molecule has 0 bridgehead atoms. The number of rotatable bonds is 1. The molecule has 2 heteroatoms. The van der Waals surface area contributed by atoms with Gasteiger partial charge in [0.2, 0.25) is 0 Å². The van der Waals surface area contributed by atoms with Gasteiger partial charge in [-0.25, -0.2) is 0 Å². The zero-order valence-electron chi connectivity index (χ0n) is 6.52. The van der Waals surface area contributed by atoms with Crippen LogP contribution in [0.3, 0.4) is 0 Å². The normalized spacial score (nSPS) is 8.44. The summed E-state index contributed by atoms with van der Waals surface area (Å²) in [6, 6.07) is 0. The highest BCUT2D eigenvalue weighted by molar-refractivity contribution is 5.76. The van der Waals surface area contributed by atoms with Crippen LogP contribution in [0.15, 0.2) is 11.8 Å². The molecule has 0 unspecified atom stereocenters. The van der Waals surface area contributed by atoms with Crippen LogP contribution in [0.1, 0.15) is 20.8 Å². The van der Waals surface area contributed by atoms with Gasteiger partial charge in [-0.2, -0.15) is 0 Å². The molecule has 0 aromatic carbocycles. The first kappa shape index (κ1) is 8.21. The number of hydrogen-bond donors (Lipinski definition) is 1. The van der Waals surface area contributed by atoms with Crippen LogP contribution in [-0.4, -0.2) is 17.8 Å². The third-order valence-corrected chi connectivity index (χ3v) is 0.981. The molecule has 0 saturated heterocycles. The molecule has 0 amide bonds. The first-order valence-corrected chi connectivity index (χ1v) is 2.97. The SMILES string of the molecule is CC(=N)N(C)C=C(C)C. The molecule has 0 aromatic rings. The molecule has 2 nitrogen and oxygen atoms in total. The Labute approximate surface area is 56.7 Å². The first-order valence-electron chi connectivity index (χ1n) is 2.97. The van der Waals surface area contributed by atoms with Crippen molar-refractivity contribution in [2.45, 2.75) is 20.8 Å². The Kier molecular flexibility index (Phi) is 2.99. The molecule has 0 aliphatic heterocycles. The van der Waals surface area contributed by atoms with Crippen LogP contribution in [0.25, 0.3) is 0 Å². The fourth-order valence-electron chi connectivity index (χ4n) is 0.484. The molecule has 52 valence electrons. The summed E-state index contributed by atoms with van der Waals surface area (Å²) in [5.74, 6) is 0.566. The standard InChI is InChI=1S/C7H14N2/c1-6(2)5-9(4)7(3)8/h5,8H,1-4H3. The van der Waals surface area contributed by atoms with E-state index in [1.54, 1.807) is 11.8 Å². The highest BCUT2D eigenvalue weighted by atomic mass is 15.1. The van der Waals surface area contributed by atoms with Gasteiger partial charge in [0.1, 0.15) is 0 Å². The van der Waals surface area contributed by atoms with Crippen molar-refractivity contribution < 1.29 is 0 Å². The van der Waals surface area contributed by atoms with Crippen molar-refractivity contribution in [3.8, 4) is 0 Å². The van der Waals surface area contributed by atoms with E-state index < -0.39 is 0 Å². The average molecular weight is 126 g/mol. The Morgan fingerprint density at radius 2 is 1.78 bits per heavy atom. The predicted octanol–water partition coefficient (Wildman–Crippen LogP) is 1.84. The van der Waals surface area contributed by atoms with E-state index in [2.05, 4.69) is 0 Å². The summed E-state index contributed by atoms with van der Waals surface area (Å²) in [6.07, 6.45) is 1.93. The topological polar surface area (TPSA) is 27.1 Å². The smallest absolute Gasteiger partial charge is 0.0963 e. The lowest BCUT2D eigenvalue weighted by molar-refractivity contribution is 0.669. The van der Waals surface area contributed by atoms with Crippen LogP contribution in [0.4, 0.5) is 0 Å². The van der Waals surface area contributed by atoms with Crippen molar-refractivity contribution in [3.63, 3.8) is 0 Å². The lowest BCUT2D eigenvalue weighted by Crippen LogP contribution is -2.16. The molecule has 0 radical (unpaired) electrons. The number of nitrogens with zero attached hydrogens (tertiary/aromatic N) is 1. The highest BCUT2D eigenvalue weighted by Gasteiger charge is 1.90. The number of amidine groups is 1. The zero-order chi connectivity index (χ0) is 7.44. The second kappa shape index (κ2) is 3.28. The minimum atomic E-state index is 0.566. The van der Waals surface area contributed by atoms with Gasteiger partial charge in [0.25, 0.3) is 0 Å². The Hall–Kier alpha value is -0.790. The van der Waals surface area contributed by atoms with Crippen molar-refractivity contribution >= 4 is 5.84 Å². The molecule has 9 heavy (non-hydrogen) atoms. The third-order valence-electron chi connectivity index (χ3n) is 0.981. The first-order chi connectivity index (χ1) is 4.04. The molecule has 0 rings (SSSR count). The fourth-order valence-corrected chi connectivity index (χ4v) is 0.484. The van der Waals surface area contributed by atoms with E-state index in [1.807, 2.05) is 27.1 Å². The van der Waals surface area contributed by atoms with E-state index in [1.165, 1.54) is 5.57 Å². The minimum absolute atomic E-state index is 0.566. The van der Waals surface area contributed by atoms with Gasteiger partial charge in [-0.3, -0.25) is 5.41 Å². The summed E-state index contributed by atoms with van der Waals surface area (Å²) < 4.78 is 0. The lowest BCUT2D eigenvalue weighted by Gasteiger charge is -2.11. The molecule has 0 aliphatic rings. The number of allylic oxidation sites excluding steroid dienone is 1. The van der Waals surface area contributed by atoms with Crippen LogP contribution >= 0.6 is 0 Å². The second-order valence-corrected chi connectivity index (χ2v) is 2.40. The van der Waals surface area contributed by atoms with Crippen molar-refractivity contribution in [2.75, 3.05) is 7.05 Å². The van der Waals surface area contributed by atoms with E-state index in [9.17, 15) is 0 Å². The molecule has 0 aromatic heterocycles. The predicted molar refractivity (Wildman–Crippen MR) is 40.6 cm³/mol. The van der Waals surface area contributed by atoms with Gasteiger partial charge in [0.15, 0.2) is 0 Å².